The number of hydrogen-bond acceptors (Lipinski definition) is 4. The van der Waals surface area contributed by atoms with Gasteiger partial charge in [0.2, 0.25) is 11.8 Å². The van der Waals surface area contributed by atoms with Crippen LogP contribution < -0.4 is 15.0 Å². The van der Waals surface area contributed by atoms with Crippen molar-refractivity contribution >= 4 is 23.2 Å². The first-order valence-electron chi connectivity index (χ1n) is 7.25. The van der Waals surface area contributed by atoms with Gasteiger partial charge in [-0.2, -0.15) is 0 Å². The topological polar surface area (TPSA) is 78.9 Å². The number of benzene rings is 2. The van der Waals surface area contributed by atoms with Gasteiger partial charge < -0.3 is 15.2 Å². The third-order valence-electron chi connectivity index (χ3n) is 3.51. The van der Waals surface area contributed by atoms with Crippen LogP contribution in [0.5, 0.6) is 11.5 Å². The number of anilines is 2. The molecule has 2 N–H and O–H groups in total. The maximum Gasteiger partial charge on any atom is 0.244 e. The van der Waals surface area contributed by atoms with E-state index in [-0.39, 0.29) is 31.2 Å². The molecular formula is C17H16N2O4. The van der Waals surface area contributed by atoms with E-state index in [0.29, 0.717) is 17.1 Å². The molecule has 0 aliphatic carbocycles. The second-order valence-electron chi connectivity index (χ2n) is 5.11. The summed E-state index contributed by atoms with van der Waals surface area (Å²) in [5, 5.41) is 12.3. The minimum Gasteiger partial charge on any atom is -0.506 e. The molecule has 0 spiro atoms. The molecule has 23 heavy (non-hydrogen) atoms. The summed E-state index contributed by atoms with van der Waals surface area (Å²) in [6.45, 7) is 0.140. The molecule has 0 bridgehead atoms. The van der Waals surface area contributed by atoms with E-state index in [2.05, 4.69) is 5.32 Å². The van der Waals surface area contributed by atoms with Gasteiger partial charge in [-0.25, -0.2) is 0 Å². The molecule has 0 fully saturated rings. The standard InChI is InChI=1S/C17H16N2O4/c20-14-7-3-1-5-12(14)18-16(21)11-19-13-6-2-4-8-15(13)23-10-9-17(19)22/h1-8,20H,9-11H2,(H,18,21). The number of ether oxygens (including phenoxy) is 1. The number of phenolic OH excluding ortho intramolecular Hbond substituents is 1. The Morgan fingerprint density at radius 3 is 2.74 bits per heavy atom. The van der Waals surface area contributed by atoms with Crippen LogP contribution in [0.2, 0.25) is 0 Å². The first kappa shape index (κ1) is 14.9. The predicted molar refractivity (Wildman–Crippen MR) is 85.6 cm³/mol. The molecule has 1 aliphatic rings. The highest BCUT2D eigenvalue weighted by Gasteiger charge is 2.25. The van der Waals surface area contributed by atoms with Crippen LogP contribution in [0.1, 0.15) is 6.42 Å². The van der Waals surface area contributed by atoms with Crippen LogP contribution in [0.25, 0.3) is 0 Å². The molecular weight excluding hydrogens is 296 g/mol. The minimum atomic E-state index is -0.392. The van der Waals surface area contributed by atoms with Crippen LogP contribution in [0.4, 0.5) is 11.4 Å². The number of phenols is 1. The molecule has 0 saturated heterocycles. The molecule has 0 unspecified atom stereocenters. The molecule has 1 heterocycles. The average Bonchev–Trinajstić information content (AvgIpc) is 2.70. The van der Waals surface area contributed by atoms with Gasteiger partial charge in [0.1, 0.15) is 18.0 Å². The largest absolute Gasteiger partial charge is 0.506 e. The van der Waals surface area contributed by atoms with E-state index in [1.807, 2.05) is 6.07 Å². The van der Waals surface area contributed by atoms with Gasteiger partial charge in [0.25, 0.3) is 0 Å². The Kier molecular flexibility index (Phi) is 4.14. The fraction of sp³-hybridized carbons (Fsp3) is 0.176. The fourth-order valence-corrected chi connectivity index (χ4v) is 2.41. The lowest BCUT2D eigenvalue weighted by Crippen LogP contribution is -2.37. The maximum absolute atomic E-state index is 12.2. The highest BCUT2D eigenvalue weighted by Crippen LogP contribution is 2.31. The van der Waals surface area contributed by atoms with Crippen molar-refractivity contribution in [3.8, 4) is 11.5 Å². The van der Waals surface area contributed by atoms with Crippen LogP contribution in [0, 0.1) is 0 Å². The van der Waals surface area contributed by atoms with Gasteiger partial charge in [0.05, 0.1) is 24.4 Å². The second-order valence-corrected chi connectivity index (χ2v) is 5.11. The van der Waals surface area contributed by atoms with Gasteiger partial charge in [-0.1, -0.05) is 24.3 Å². The fourth-order valence-electron chi connectivity index (χ4n) is 2.41. The quantitative estimate of drug-likeness (QED) is 0.851. The summed E-state index contributed by atoms with van der Waals surface area (Å²) in [6.07, 6.45) is 0.207. The van der Waals surface area contributed by atoms with Crippen LogP contribution >= 0.6 is 0 Å². The van der Waals surface area contributed by atoms with Crippen LogP contribution in [-0.2, 0) is 9.59 Å². The molecule has 2 aromatic rings. The van der Waals surface area contributed by atoms with Crippen molar-refractivity contribution in [2.24, 2.45) is 0 Å². The van der Waals surface area contributed by atoms with Crippen molar-refractivity contribution in [3.63, 3.8) is 0 Å². The second kappa shape index (κ2) is 6.39. The predicted octanol–water partition coefficient (Wildman–Crippen LogP) is 2.15. The molecule has 2 aromatic carbocycles. The smallest absolute Gasteiger partial charge is 0.244 e. The Hall–Kier alpha value is -3.02. The number of nitrogens with one attached hydrogen (secondary N) is 1. The molecule has 0 atom stereocenters. The van der Waals surface area contributed by atoms with Gasteiger partial charge >= 0.3 is 0 Å². The number of amides is 2. The lowest BCUT2D eigenvalue weighted by atomic mass is 10.2. The van der Waals surface area contributed by atoms with E-state index < -0.39 is 5.91 Å². The monoisotopic (exact) mass is 312 g/mol. The zero-order valence-corrected chi connectivity index (χ0v) is 12.4. The first-order chi connectivity index (χ1) is 11.1. The summed E-state index contributed by atoms with van der Waals surface area (Å²) in [4.78, 5) is 25.9. The van der Waals surface area contributed by atoms with E-state index in [4.69, 9.17) is 4.74 Å². The molecule has 2 amide bonds. The maximum atomic E-state index is 12.2. The normalized spacial score (nSPS) is 13.7. The average molecular weight is 312 g/mol. The first-order valence-corrected chi connectivity index (χ1v) is 7.25. The third kappa shape index (κ3) is 3.26. The Balaban J connectivity index is 1.79. The SMILES string of the molecule is O=C(CN1C(=O)CCOc2ccccc21)Nc1ccccc1O. The molecule has 1 aliphatic heterocycles. The van der Waals surface area contributed by atoms with Crippen LogP contribution in [-0.4, -0.2) is 30.1 Å². The summed E-state index contributed by atoms with van der Waals surface area (Å²) < 4.78 is 5.53. The van der Waals surface area contributed by atoms with Crippen molar-refractivity contribution < 1.29 is 19.4 Å². The Morgan fingerprint density at radius 2 is 1.91 bits per heavy atom. The van der Waals surface area contributed by atoms with E-state index in [9.17, 15) is 14.7 Å². The summed E-state index contributed by atoms with van der Waals surface area (Å²) in [5.41, 5.74) is 0.881. The van der Waals surface area contributed by atoms with Gasteiger partial charge in [0, 0.05) is 0 Å². The minimum absolute atomic E-state index is 0.0215. The third-order valence-corrected chi connectivity index (χ3v) is 3.51. The van der Waals surface area contributed by atoms with Gasteiger partial charge in [-0.05, 0) is 24.3 Å². The highest BCUT2D eigenvalue weighted by molar-refractivity contribution is 6.04. The Morgan fingerprint density at radius 1 is 1.17 bits per heavy atom. The summed E-state index contributed by atoms with van der Waals surface area (Å²) in [7, 11) is 0. The molecule has 6 nitrogen and oxygen atoms in total. The number of hydrogen-bond donors (Lipinski definition) is 2. The summed E-state index contributed by atoms with van der Waals surface area (Å²) in [5.74, 6) is -0.0144. The Bertz CT molecular complexity index is 745. The number of carbonyl (C=O) groups excluding carboxylic acids is 2. The molecule has 6 heteroatoms. The van der Waals surface area contributed by atoms with E-state index in [0.717, 1.165) is 0 Å². The molecule has 0 aromatic heterocycles. The number of fused-ring (bicyclic) bond motifs is 1. The van der Waals surface area contributed by atoms with Crippen molar-refractivity contribution in [1.29, 1.82) is 0 Å². The van der Waals surface area contributed by atoms with Crippen molar-refractivity contribution in [2.45, 2.75) is 6.42 Å². The van der Waals surface area contributed by atoms with Crippen molar-refractivity contribution in [1.82, 2.24) is 0 Å². The van der Waals surface area contributed by atoms with E-state index in [1.54, 1.807) is 36.4 Å². The highest BCUT2D eigenvalue weighted by atomic mass is 16.5. The lowest BCUT2D eigenvalue weighted by Gasteiger charge is -2.21. The summed E-state index contributed by atoms with van der Waals surface area (Å²) >= 11 is 0. The van der Waals surface area contributed by atoms with Crippen LogP contribution in [0.15, 0.2) is 48.5 Å². The van der Waals surface area contributed by atoms with E-state index >= 15 is 0 Å². The lowest BCUT2D eigenvalue weighted by molar-refractivity contribution is -0.121. The molecule has 0 saturated carbocycles. The molecule has 0 radical (unpaired) electrons. The number of carbonyl (C=O) groups is 2. The number of aromatic hydroxyl groups is 1. The van der Waals surface area contributed by atoms with Crippen molar-refractivity contribution in [2.75, 3.05) is 23.4 Å². The van der Waals surface area contributed by atoms with Gasteiger partial charge in [0.15, 0.2) is 0 Å². The zero-order valence-electron chi connectivity index (χ0n) is 12.4. The number of nitrogens with zero attached hydrogens (tertiary/aromatic N) is 1. The zero-order chi connectivity index (χ0) is 16.2. The van der Waals surface area contributed by atoms with E-state index in [1.165, 1.54) is 11.0 Å². The van der Waals surface area contributed by atoms with Crippen molar-refractivity contribution in [3.05, 3.63) is 48.5 Å². The molecule has 118 valence electrons. The number of para-hydroxylation sites is 4. The van der Waals surface area contributed by atoms with Gasteiger partial charge in [-0.15, -0.1) is 0 Å². The number of rotatable bonds is 3. The Labute approximate surface area is 133 Å². The van der Waals surface area contributed by atoms with Gasteiger partial charge in [-0.3, -0.25) is 14.5 Å². The molecule has 3 rings (SSSR count). The summed E-state index contributed by atoms with van der Waals surface area (Å²) in [6, 6.07) is 13.5. The van der Waals surface area contributed by atoms with Crippen LogP contribution in [0.3, 0.4) is 0 Å².